The van der Waals surface area contributed by atoms with Gasteiger partial charge in [0, 0.05) is 39.8 Å². The lowest BCUT2D eigenvalue weighted by Gasteiger charge is -2.30. The summed E-state index contributed by atoms with van der Waals surface area (Å²) in [6.07, 6.45) is 11.0. The van der Waals surface area contributed by atoms with Crippen LogP contribution in [0.1, 0.15) is 71.1 Å². The lowest BCUT2D eigenvalue weighted by Crippen LogP contribution is -2.43. The molecule has 0 amide bonds. The molecule has 0 bridgehead atoms. The smallest absolute Gasteiger partial charge is 0.305 e. The molecule has 0 atom stereocenters. The van der Waals surface area contributed by atoms with E-state index in [9.17, 15) is 4.79 Å². The van der Waals surface area contributed by atoms with Crippen LogP contribution in [0.5, 0.6) is 0 Å². The van der Waals surface area contributed by atoms with Crippen LogP contribution in [-0.2, 0) is 14.3 Å². The number of nitrogens with zero attached hydrogens (tertiary/aromatic N) is 1. The Morgan fingerprint density at radius 2 is 1.81 bits per heavy atom. The molecule has 2 N–H and O–H groups in total. The molecule has 0 saturated heterocycles. The maximum absolute atomic E-state index is 11.1. The summed E-state index contributed by atoms with van der Waals surface area (Å²) in [6.45, 7) is 5.59. The molecule has 7 heteroatoms. The van der Waals surface area contributed by atoms with Gasteiger partial charge in [-0.2, -0.15) is 0 Å². The number of nitrogens with one attached hydrogen (secondary N) is 2. The molecule has 0 aliphatic heterocycles. The Kier molecular flexibility index (Phi) is 16.0. The van der Waals surface area contributed by atoms with Gasteiger partial charge in [0.15, 0.2) is 5.96 Å². The topological polar surface area (TPSA) is 72.0 Å². The van der Waals surface area contributed by atoms with E-state index in [0.717, 1.165) is 64.4 Å². The van der Waals surface area contributed by atoms with Gasteiger partial charge in [-0.3, -0.25) is 9.79 Å². The zero-order valence-corrected chi connectivity index (χ0v) is 19.8. The molecule has 1 aliphatic rings. The minimum atomic E-state index is -0.113. The molecule has 0 aromatic heterocycles. The fourth-order valence-corrected chi connectivity index (χ4v) is 3.62. The van der Waals surface area contributed by atoms with Crippen LogP contribution in [0.2, 0.25) is 0 Å². The first-order valence-corrected chi connectivity index (χ1v) is 10.2. The number of carbonyl (C=O) groups is 1. The van der Waals surface area contributed by atoms with E-state index >= 15 is 0 Å². The molecule has 0 radical (unpaired) electrons. The van der Waals surface area contributed by atoms with Gasteiger partial charge in [0.2, 0.25) is 0 Å². The van der Waals surface area contributed by atoms with E-state index < -0.39 is 0 Å². The van der Waals surface area contributed by atoms with Crippen LogP contribution in [0, 0.1) is 5.41 Å². The summed E-state index contributed by atoms with van der Waals surface area (Å²) in [7, 11) is 3.27. The highest BCUT2D eigenvalue weighted by molar-refractivity contribution is 14.0. The Morgan fingerprint density at radius 3 is 2.44 bits per heavy atom. The average Bonchev–Trinajstić information content (AvgIpc) is 3.12. The molecule has 0 heterocycles. The van der Waals surface area contributed by atoms with Crippen molar-refractivity contribution in [3.05, 3.63) is 0 Å². The third-order valence-corrected chi connectivity index (χ3v) is 5.33. The first-order chi connectivity index (χ1) is 12.7. The van der Waals surface area contributed by atoms with Gasteiger partial charge >= 0.3 is 5.97 Å². The Morgan fingerprint density at radius 1 is 1.11 bits per heavy atom. The van der Waals surface area contributed by atoms with Crippen molar-refractivity contribution >= 4 is 35.9 Å². The van der Waals surface area contributed by atoms with Crippen LogP contribution in [0.4, 0.5) is 0 Å². The highest BCUT2D eigenvalue weighted by atomic mass is 127. The van der Waals surface area contributed by atoms with Crippen molar-refractivity contribution in [1.82, 2.24) is 10.6 Å². The second kappa shape index (κ2) is 16.4. The molecular weight excluding hydrogens is 457 g/mol. The number of rotatable bonds is 13. The number of ether oxygens (including phenoxy) is 2. The minimum Gasteiger partial charge on any atom is -0.469 e. The van der Waals surface area contributed by atoms with E-state index in [1.807, 2.05) is 7.05 Å². The van der Waals surface area contributed by atoms with E-state index in [0.29, 0.717) is 11.8 Å². The molecule has 1 rings (SSSR count). The molecule has 27 heavy (non-hydrogen) atoms. The second-order valence-electron chi connectivity index (χ2n) is 7.25. The van der Waals surface area contributed by atoms with Gasteiger partial charge in [0.25, 0.3) is 0 Å². The first-order valence-electron chi connectivity index (χ1n) is 10.2. The van der Waals surface area contributed by atoms with E-state index in [4.69, 9.17) is 4.74 Å². The quantitative estimate of drug-likeness (QED) is 0.133. The van der Waals surface area contributed by atoms with Crippen molar-refractivity contribution in [3.63, 3.8) is 0 Å². The molecule has 0 aromatic carbocycles. The number of esters is 1. The maximum atomic E-state index is 11.1. The largest absolute Gasteiger partial charge is 0.469 e. The Balaban J connectivity index is 0.00000676. The molecule has 1 aliphatic carbocycles. The van der Waals surface area contributed by atoms with Gasteiger partial charge in [-0.15, -0.1) is 24.0 Å². The summed E-state index contributed by atoms with van der Waals surface area (Å²) >= 11 is 0. The first kappa shape index (κ1) is 26.4. The number of halogens is 1. The molecule has 1 saturated carbocycles. The lowest BCUT2D eigenvalue weighted by molar-refractivity contribution is -0.140. The molecule has 0 aromatic rings. The summed E-state index contributed by atoms with van der Waals surface area (Å²) in [4.78, 5) is 15.4. The molecular formula is C20H40IN3O3. The van der Waals surface area contributed by atoms with Crippen LogP contribution in [-0.4, -0.2) is 52.4 Å². The predicted molar refractivity (Wildman–Crippen MR) is 122 cm³/mol. The number of hydrogen-bond acceptors (Lipinski definition) is 4. The van der Waals surface area contributed by atoms with Crippen molar-refractivity contribution < 1.29 is 14.3 Å². The molecule has 0 spiro atoms. The van der Waals surface area contributed by atoms with Gasteiger partial charge in [0.05, 0.1) is 7.11 Å². The van der Waals surface area contributed by atoms with Crippen molar-refractivity contribution in [2.24, 2.45) is 10.4 Å². The maximum Gasteiger partial charge on any atom is 0.305 e. The monoisotopic (exact) mass is 497 g/mol. The summed E-state index contributed by atoms with van der Waals surface area (Å²) in [5.41, 5.74) is 0.362. The number of guanidine groups is 1. The van der Waals surface area contributed by atoms with Crippen molar-refractivity contribution in [2.75, 3.05) is 40.5 Å². The summed E-state index contributed by atoms with van der Waals surface area (Å²) in [5.74, 6) is 0.778. The van der Waals surface area contributed by atoms with Crippen LogP contribution < -0.4 is 10.6 Å². The van der Waals surface area contributed by atoms with E-state index in [2.05, 4.69) is 27.3 Å². The minimum absolute atomic E-state index is 0. The van der Waals surface area contributed by atoms with Crippen molar-refractivity contribution in [3.8, 4) is 0 Å². The number of hydrogen-bond donors (Lipinski definition) is 2. The average molecular weight is 497 g/mol. The predicted octanol–water partition coefficient (Wildman–Crippen LogP) is 3.88. The summed E-state index contributed by atoms with van der Waals surface area (Å²) in [5, 5.41) is 6.93. The third kappa shape index (κ3) is 11.8. The van der Waals surface area contributed by atoms with Crippen molar-refractivity contribution in [2.45, 2.75) is 71.1 Å². The molecule has 6 nitrogen and oxygen atoms in total. The fraction of sp³-hybridized carbons (Fsp3) is 0.900. The Bertz CT molecular complexity index is 413. The number of aliphatic imine (C=N–C) groups is 1. The lowest BCUT2D eigenvalue weighted by atomic mass is 9.83. The van der Waals surface area contributed by atoms with Crippen LogP contribution in [0.25, 0.3) is 0 Å². The van der Waals surface area contributed by atoms with Crippen LogP contribution in [0.3, 0.4) is 0 Å². The SMILES string of the molecule is CCOCCC1(CNC(=NC)NCCCCCCC(=O)OC)CCCC1.I. The van der Waals surface area contributed by atoms with Crippen molar-refractivity contribution in [1.29, 1.82) is 0 Å². The van der Waals surface area contributed by atoms with Gasteiger partial charge in [0.1, 0.15) is 0 Å². The van der Waals surface area contributed by atoms with Gasteiger partial charge in [-0.05, 0) is 44.4 Å². The summed E-state index contributed by atoms with van der Waals surface area (Å²) < 4.78 is 10.2. The van der Waals surface area contributed by atoms with Crippen LogP contribution >= 0.6 is 24.0 Å². The molecule has 160 valence electrons. The highest BCUT2D eigenvalue weighted by Gasteiger charge is 2.33. The van der Waals surface area contributed by atoms with Gasteiger partial charge < -0.3 is 20.1 Å². The number of carbonyl (C=O) groups excluding carboxylic acids is 1. The Labute approximate surface area is 182 Å². The second-order valence-corrected chi connectivity index (χ2v) is 7.25. The Hall–Kier alpha value is -0.570. The highest BCUT2D eigenvalue weighted by Crippen LogP contribution is 2.40. The molecule has 1 fully saturated rings. The number of unbranched alkanes of at least 4 members (excludes halogenated alkanes) is 3. The fourth-order valence-electron chi connectivity index (χ4n) is 3.62. The van der Waals surface area contributed by atoms with E-state index in [1.54, 1.807) is 0 Å². The third-order valence-electron chi connectivity index (χ3n) is 5.33. The van der Waals surface area contributed by atoms with E-state index in [1.165, 1.54) is 32.8 Å². The molecule has 0 unspecified atom stereocenters. The summed E-state index contributed by atoms with van der Waals surface area (Å²) in [6, 6.07) is 0. The zero-order valence-electron chi connectivity index (χ0n) is 17.5. The zero-order chi connectivity index (χ0) is 19.1. The van der Waals surface area contributed by atoms with Crippen LogP contribution in [0.15, 0.2) is 4.99 Å². The van der Waals surface area contributed by atoms with E-state index in [-0.39, 0.29) is 29.9 Å². The standard InChI is InChI=1S/C20H39N3O3.HI/c1-4-26-16-14-20(12-8-9-13-20)17-23-19(21-2)22-15-10-6-5-7-11-18(24)25-3;/h4-17H2,1-3H3,(H2,21,22,23);1H. The van der Waals surface area contributed by atoms with Gasteiger partial charge in [-0.25, -0.2) is 0 Å². The number of methoxy groups -OCH3 is 1. The normalized spacial score (nSPS) is 15.9. The van der Waals surface area contributed by atoms with Gasteiger partial charge in [-0.1, -0.05) is 25.7 Å².